The van der Waals surface area contributed by atoms with Crippen LogP contribution in [0.4, 0.5) is 4.39 Å². The van der Waals surface area contributed by atoms with Gasteiger partial charge in [0.25, 0.3) is 0 Å². The maximum absolute atomic E-state index is 13.8. The summed E-state index contributed by atoms with van der Waals surface area (Å²) in [4.78, 5) is 4.18. The van der Waals surface area contributed by atoms with Crippen molar-refractivity contribution < 1.29 is 8.81 Å². The van der Waals surface area contributed by atoms with Gasteiger partial charge in [0.2, 0.25) is 0 Å². The van der Waals surface area contributed by atoms with Crippen LogP contribution < -0.4 is 5.32 Å². The van der Waals surface area contributed by atoms with Crippen molar-refractivity contribution in [2.24, 2.45) is 0 Å². The number of hydrogen-bond donors (Lipinski definition) is 1. The van der Waals surface area contributed by atoms with Gasteiger partial charge in [0.1, 0.15) is 5.82 Å². The molecule has 2 rings (SSSR count). The fraction of sp³-hybridized carbons (Fsp3) is 0.400. The van der Waals surface area contributed by atoms with E-state index in [0.717, 1.165) is 32.4 Å². The third-order valence-corrected chi connectivity index (χ3v) is 3.16. The molecule has 1 N–H and O–H groups in total. The van der Waals surface area contributed by atoms with Crippen LogP contribution in [-0.4, -0.2) is 18.1 Å². The Hall–Kier alpha value is -1.39. The largest absolute Gasteiger partial charge is 0.441 e. The van der Waals surface area contributed by atoms with Crippen molar-refractivity contribution in [1.29, 1.82) is 0 Å². The van der Waals surface area contributed by atoms with E-state index in [4.69, 9.17) is 16.0 Å². The minimum atomic E-state index is -0.398. The topological polar surface area (TPSA) is 38.1 Å². The number of rotatable bonds is 7. The van der Waals surface area contributed by atoms with Crippen molar-refractivity contribution >= 4 is 11.6 Å². The van der Waals surface area contributed by atoms with Gasteiger partial charge >= 0.3 is 0 Å². The molecular weight excluding hydrogens is 279 g/mol. The van der Waals surface area contributed by atoms with Gasteiger partial charge in [0, 0.05) is 11.4 Å². The third-order valence-electron chi connectivity index (χ3n) is 2.92. The first-order valence-corrected chi connectivity index (χ1v) is 7.19. The summed E-state index contributed by atoms with van der Waals surface area (Å²) in [6, 6.07) is 4.51. The SMILES string of the molecule is CCCNCCCc1ncc(-c2ccc(Cl)cc2F)o1. The normalized spacial score (nSPS) is 10.9. The molecule has 0 spiro atoms. The highest BCUT2D eigenvalue weighted by molar-refractivity contribution is 6.30. The Balaban J connectivity index is 1.95. The molecule has 0 radical (unpaired) electrons. The van der Waals surface area contributed by atoms with Crippen LogP contribution in [-0.2, 0) is 6.42 Å². The molecule has 0 saturated carbocycles. The van der Waals surface area contributed by atoms with Gasteiger partial charge in [0.15, 0.2) is 11.7 Å². The monoisotopic (exact) mass is 296 g/mol. The number of aryl methyl sites for hydroxylation is 1. The molecule has 0 aliphatic carbocycles. The number of hydrogen-bond acceptors (Lipinski definition) is 3. The maximum Gasteiger partial charge on any atom is 0.194 e. The van der Waals surface area contributed by atoms with Gasteiger partial charge in [-0.15, -0.1) is 0 Å². The minimum Gasteiger partial charge on any atom is -0.441 e. The zero-order valence-electron chi connectivity index (χ0n) is 11.5. The third kappa shape index (κ3) is 4.05. The molecule has 0 unspecified atom stereocenters. The maximum atomic E-state index is 13.8. The number of nitrogens with one attached hydrogen (secondary N) is 1. The van der Waals surface area contributed by atoms with E-state index in [1.165, 1.54) is 6.07 Å². The summed E-state index contributed by atoms with van der Waals surface area (Å²) in [5.41, 5.74) is 0.386. The van der Waals surface area contributed by atoms with Crippen LogP contribution in [0.1, 0.15) is 25.7 Å². The first-order chi connectivity index (χ1) is 9.70. The average molecular weight is 297 g/mol. The second kappa shape index (κ2) is 7.41. The van der Waals surface area contributed by atoms with Crippen LogP contribution in [0.5, 0.6) is 0 Å². The summed E-state index contributed by atoms with van der Waals surface area (Å²) in [6.07, 6.45) is 4.37. The Morgan fingerprint density at radius 1 is 1.35 bits per heavy atom. The molecule has 1 heterocycles. The molecule has 0 fully saturated rings. The second-order valence-corrected chi connectivity index (χ2v) is 5.03. The molecule has 2 aromatic rings. The number of nitrogens with zero attached hydrogens (tertiary/aromatic N) is 1. The molecule has 108 valence electrons. The van der Waals surface area contributed by atoms with Gasteiger partial charge in [-0.05, 0) is 44.1 Å². The Morgan fingerprint density at radius 2 is 2.20 bits per heavy atom. The van der Waals surface area contributed by atoms with E-state index >= 15 is 0 Å². The van der Waals surface area contributed by atoms with Gasteiger partial charge in [-0.3, -0.25) is 0 Å². The molecule has 0 saturated heterocycles. The highest BCUT2D eigenvalue weighted by atomic mass is 35.5. The standard InChI is InChI=1S/C15H18ClFN2O/c1-2-7-18-8-3-4-15-19-10-14(20-15)12-6-5-11(16)9-13(12)17/h5-6,9-10,18H,2-4,7-8H2,1H3. The summed E-state index contributed by atoms with van der Waals surface area (Å²) >= 11 is 5.73. The summed E-state index contributed by atoms with van der Waals surface area (Å²) in [5, 5.41) is 3.68. The van der Waals surface area contributed by atoms with E-state index in [1.54, 1.807) is 18.3 Å². The highest BCUT2D eigenvalue weighted by Crippen LogP contribution is 2.26. The van der Waals surface area contributed by atoms with Gasteiger partial charge in [-0.2, -0.15) is 0 Å². The number of oxazole rings is 1. The number of halogens is 2. The Labute approximate surface area is 123 Å². The van der Waals surface area contributed by atoms with E-state index < -0.39 is 5.82 Å². The zero-order valence-corrected chi connectivity index (χ0v) is 12.2. The lowest BCUT2D eigenvalue weighted by Crippen LogP contribution is -2.16. The molecule has 20 heavy (non-hydrogen) atoms. The van der Waals surface area contributed by atoms with Crippen LogP contribution >= 0.6 is 11.6 Å². The molecule has 0 amide bonds. The van der Waals surface area contributed by atoms with Crippen LogP contribution in [0.15, 0.2) is 28.8 Å². The van der Waals surface area contributed by atoms with Crippen molar-refractivity contribution in [1.82, 2.24) is 10.3 Å². The molecule has 5 heteroatoms. The van der Waals surface area contributed by atoms with Crippen LogP contribution in [0.3, 0.4) is 0 Å². The molecule has 0 bridgehead atoms. The van der Waals surface area contributed by atoms with Crippen LogP contribution in [0.2, 0.25) is 5.02 Å². The average Bonchev–Trinajstić information content (AvgIpc) is 2.87. The fourth-order valence-corrected chi connectivity index (χ4v) is 2.06. The van der Waals surface area contributed by atoms with E-state index in [9.17, 15) is 4.39 Å². The van der Waals surface area contributed by atoms with Gasteiger partial charge in [-0.25, -0.2) is 9.37 Å². The smallest absolute Gasteiger partial charge is 0.194 e. The quantitative estimate of drug-likeness (QED) is 0.783. The second-order valence-electron chi connectivity index (χ2n) is 4.60. The predicted octanol–water partition coefficient (Wildman–Crippen LogP) is 4.07. The van der Waals surface area contributed by atoms with Gasteiger partial charge < -0.3 is 9.73 Å². The lowest BCUT2D eigenvalue weighted by atomic mass is 10.2. The molecule has 0 aliphatic rings. The predicted molar refractivity (Wildman–Crippen MR) is 78.4 cm³/mol. The van der Waals surface area contributed by atoms with Crippen LogP contribution in [0, 0.1) is 5.82 Å². The Kier molecular flexibility index (Phi) is 5.56. The Morgan fingerprint density at radius 3 is 2.95 bits per heavy atom. The molecule has 0 atom stereocenters. The molecule has 0 aliphatic heterocycles. The summed E-state index contributed by atoms with van der Waals surface area (Å²) in [7, 11) is 0. The van der Waals surface area contributed by atoms with Crippen LogP contribution in [0.25, 0.3) is 11.3 Å². The van der Waals surface area contributed by atoms with Gasteiger partial charge in [-0.1, -0.05) is 18.5 Å². The Bertz CT molecular complexity index is 557. The summed E-state index contributed by atoms with van der Waals surface area (Å²) in [5.74, 6) is 0.674. The number of benzene rings is 1. The lowest BCUT2D eigenvalue weighted by molar-refractivity contribution is 0.488. The van der Waals surface area contributed by atoms with Crippen molar-refractivity contribution in [3.05, 3.63) is 41.1 Å². The van der Waals surface area contributed by atoms with Crippen molar-refractivity contribution in [3.8, 4) is 11.3 Å². The van der Waals surface area contributed by atoms with E-state index in [0.29, 0.717) is 22.2 Å². The summed E-state index contributed by atoms with van der Waals surface area (Å²) < 4.78 is 19.3. The lowest BCUT2D eigenvalue weighted by Gasteiger charge is -2.01. The van der Waals surface area contributed by atoms with E-state index in [1.807, 2.05) is 0 Å². The van der Waals surface area contributed by atoms with Crippen molar-refractivity contribution in [2.75, 3.05) is 13.1 Å². The zero-order chi connectivity index (χ0) is 14.4. The number of aromatic nitrogens is 1. The highest BCUT2D eigenvalue weighted by Gasteiger charge is 2.11. The molecule has 3 nitrogen and oxygen atoms in total. The van der Waals surface area contributed by atoms with Gasteiger partial charge in [0.05, 0.1) is 11.8 Å². The molecular formula is C15H18ClFN2O. The van der Waals surface area contributed by atoms with Crippen molar-refractivity contribution in [3.63, 3.8) is 0 Å². The fourth-order valence-electron chi connectivity index (χ4n) is 1.91. The van der Waals surface area contributed by atoms with E-state index in [2.05, 4.69) is 17.2 Å². The van der Waals surface area contributed by atoms with E-state index in [-0.39, 0.29) is 0 Å². The first kappa shape index (κ1) is 15.0. The summed E-state index contributed by atoms with van der Waals surface area (Å²) in [6.45, 7) is 4.09. The first-order valence-electron chi connectivity index (χ1n) is 6.81. The minimum absolute atomic E-state index is 0.369. The molecule has 1 aromatic heterocycles. The molecule has 1 aromatic carbocycles. The van der Waals surface area contributed by atoms with Crippen molar-refractivity contribution in [2.45, 2.75) is 26.2 Å².